The number of ether oxygens (including phenoxy) is 2. The normalized spacial score (nSPS) is 18.6. The zero-order valence-corrected chi connectivity index (χ0v) is 16.6. The summed E-state index contributed by atoms with van der Waals surface area (Å²) in [6.45, 7) is 5.26. The molecule has 1 fully saturated rings. The van der Waals surface area contributed by atoms with Gasteiger partial charge in [0, 0.05) is 24.1 Å². The lowest BCUT2D eigenvalue weighted by Gasteiger charge is -2.27. The van der Waals surface area contributed by atoms with Crippen molar-refractivity contribution < 1.29 is 19.4 Å². The van der Waals surface area contributed by atoms with E-state index in [2.05, 4.69) is 20.8 Å². The van der Waals surface area contributed by atoms with Gasteiger partial charge in [0.15, 0.2) is 5.76 Å². The largest absolute Gasteiger partial charge is 0.507 e. The number of allylic oxidation sites excluding steroid dienone is 1. The van der Waals surface area contributed by atoms with Crippen LogP contribution in [-0.4, -0.2) is 42.1 Å². The number of ketones is 1. The number of halogens is 1. The molecule has 6 heteroatoms. The van der Waals surface area contributed by atoms with Crippen molar-refractivity contribution >= 4 is 27.8 Å². The summed E-state index contributed by atoms with van der Waals surface area (Å²) in [5.41, 5.74) is 2.80. The van der Waals surface area contributed by atoms with E-state index in [9.17, 15) is 9.90 Å². The van der Waals surface area contributed by atoms with Crippen molar-refractivity contribution in [1.82, 2.24) is 4.90 Å². The summed E-state index contributed by atoms with van der Waals surface area (Å²) in [5, 5.41) is 10.5. The van der Waals surface area contributed by atoms with Crippen LogP contribution in [0.2, 0.25) is 0 Å². The summed E-state index contributed by atoms with van der Waals surface area (Å²) in [6.07, 6.45) is 1.74. The fourth-order valence-electron chi connectivity index (χ4n) is 3.43. The Bertz CT molecular complexity index is 915. The van der Waals surface area contributed by atoms with Crippen LogP contribution in [-0.2, 0) is 11.3 Å². The molecule has 2 aliphatic rings. The van der Waals surface area contributed by atoms with Crippen LogP contribution >= 0.6 is 15.9 Å². The van der Waals surface area contributed by atoms with E-state index in [-0.39, 0.29) is 17.3 Å². The van der Waals surface area contributed by atoms with E-state index >= 15 is 0 Å². The highest BCUT2D eigenvalue weighted by atomic mass is 79.9. The number of Topliss-reactive ketones (excluding diaryl/α,β-unsaturated/α-hetero) is 1. The zero-order chi connectivity index (χ0) is 19.0. The van der Waals surface area contributed by atoms with Crippen LogP contribution in [0.3, 0.4) is 0 Å². The summed E-state index contributed by atoms with van der Waals surface area (Å²) in [7, 11) is 0. The Hall–Kier alpha value is -2.15. The van der Waals surface area contributed by atoms with Gasteiger partial charge in [-0.2, -0.15) is 0 Å². The minimum atomic E-state index is -0.145. The molecule has 2 aromatic rings. The van der Waals surface area contributed by atoms with Crippen molar-refractivity contribution in [2.75, 3.05) is 26.3 Å². The van der Waals surface area contributed by atoms with Gasteiger partial charge < -0.3 is 14.6 Å². The predicted molar refractivity (Wildman–Crippen MR) is 106 cm³/mol. The fourth-order valence-corrected chi connectivity index (χ4v) is 3.69. The number of carbonyl (C=O) groups is 1. The molecule has 4 rings (SSSR count). The van der Waals surface area contributed by atoms with E-state index in [1.54, 1.807) is 12.1 Å². The molecule has 5 nitrogen and oxygen atoms in total. The van der Waals surface area contributed by atoms with Crippen LogP contribution in [0.5, 0.6) is 11.5 Å². The number of morpholine rings is 1. The summed E-state index contributed by atoms with van der Waals surface area (Å²) in [6, 6.07) is 9.31. The lowest BCUT2D eigenvalue weighted by atomic mass is 9.99. The molecule has 27 heavy (non-hydrogen) atoms. The number of phenolic OH excluding ortho intramolecular Hbond substituents is 1. The van der Waals surface area contributed by atoms with Crippen LogP contribution < -0.4 is 4.74 Å². The molecule has 0 saturated carbocycles. The maximum absolute atomic E-state index is 12.9. The molecule has 0 bridgehead atoms. The Morgan fingerprint density at radius 2 is 1.93 bits per heavy atom. The van der Waals surface area contributed by atoms with Crippen molar-refractivity contribution in [3.05, 3.63) is 62.8 Å². The fraction of sp³-hybridized carbons (Fsp3) is 0.286. The van der Waals surface area contributed by atoms with Gasteiger partial charge in [-0.05, 0) is 42.3 Å². The zero-order valence-electron chi connectivity index (χ0n) is 15.0. The average molecular weight is 430 g/mol. The van der Waals surface area contributed by atoms with Crippen LogP contribution in [0, 0.1) is 6.92 Å². The summed E-state index contributed by atoms with van der Waals surface area (Å²) >= 11 is 3.41. The number of phenols is 1. The van der Waals surface area contributed by atoms with Gasteiger partial charge in [0.25, 0.3) is 0 Å². The van der Waals surface area contributed by atoms with Crippen molar-refractivity contribution in [2.45, 2.75) is 13.5 Å². The minimum Gasteiger partial charge on any atom is -0.507 e. The van der Waals surface area contributed by atoms with E-state index in [0.717, 1.165) is 28.7 Å². The quantitative estimate of drug-likeness (QED) is 0.749. The first-order chi connectivity index (χ1) is 13.0. The Morgan fingerprint density at radius 1 is 1.22 bits per heavy atom. The van der Waals surface area contributed by atoms with Crippen molar-refractivity contribution in [1.29, 1.82) is 0 Å². The standard InChI is InChI=1S/C21H20BrNO4/c1-13-10-17(24)16(12-23-6-8-26-9-7-23)21-19(13)20(25)18(27-21)11-14-2-4-15(22)5-3-14/h2-5,10-11,24H,6-9,12H2,1H3/b18-11-. The average Bonchev–Trinajstić information content (AvgIpc) is 2.98. The van der Waals surface area contributed by atoms with E-state index in [1.165, 1.54) is 0 Å². The number of hydrogen-bond donors (Lipinski definition) is 1. The highest BCUT2D eigenvalue weighted by Crippen LogP contribution is 2.42. The predicted octanol–water partition coefficient (Wildman–Crippen LogP) is 3.91. The van der Waals surface area contributed by atoms with Crippen LogP contribution in [0.25, 0.3) is 6.08 Å². The molecular formula is C21H20BrNO4. The third-order valence-electron chi connectivity index (χ3n) is 4.87. The number of rotatable bonds is 3. The topological polar surface area (TPSA) is 59.0 Å². The van der Waals surface area contributed by atoms with Crippen LogP contribution in [0.15, 0.2) is 40.6 Å². The molecule has 2 aliphatic heterocycles. The summed E-state index contributed by atoms with van der Waals surface area (Å²) in [5.74, 6) is 0.778. The van der Waals surface area contributed by atoms with Gasteiger partial charge in [-0.3, -0.25) is 9.69 Å². The Morgan fingerprint density at radius 3 is 2.63 bits per heavy atom. The van der Waals surface area contributed by atoms with Gasteiger partial charge in [0.1, 0.15) is 11.5 Å². The second-order valence-corrected chi connectivity index (χ2v) is 7.69. The van der Waals surface area contributed by atoms with Gasteiger partial charge in [-0.15, -0.1) is 0 Å². The molecule has 140 valence electrons. The highest BCUT2D eigenvalue weighted by molar-refractivity contribution is 9.10. The number of aryl methyl sites for hydroxylation is 1. The molecule has 0 aromatic heterocycles. The lowest BCUT2D eigenvalue weighted by Crippen LogP contribution is -2.35. The van der Waals surface area contributed by atoms with Gasteiger partial charge >= 0.3 is 0 Å². The molecule has 1 N–H and O–H groups in total. The number of nitrogens with zero attached hydrogens (tertiary/aromatic N) is 1. The number of benzene rings is 2. The number of hydrogen-bond acceptors (Lipinski definition) is 5. The van der Waals surface area contributed by atoms with E-state index in [4.69, 9.17) is 9.47 Å². The summed E-state index contributed by atoms with van der Waals surface area (Å²) in [4.78, 5) is 15.1. The Labute approximate surface area is 166 Å². The molecule has 0 aliphatic carbocycles. The van der Waals surface area contributed by atoms with Crippen LogP contribution in [0.4, 0.5) is 0 Å². The van der Waals surface area contributed by atoms with Crippen LogP contribution in [0.1, 0.15) is 27.0 Å². The molecule has 2 aromatic carbocycles. The van der Waals surface area contributed by atoms with Crippen molar-refractivity contribution in [3.63, 3.8) is 0 Å². The van der Waals surface area contributed by atoms with E-state index in [0.29, 0.717) is 36.6 Å². The first-order valence-electron chi connectivity index (χ1n) is 8.88. The first-order valence-corrected chi connectivity index (χ1v) is 9.67. The van der Waals surface area contributed by atoms with E-state index in [1.807, 2.05) is 31.2 Å². The molecule has 0 radical (unpaired) electrons. The molecule has 0 unspecified atom stereocenters. The molecule has 2 heterocycles. The third-order valence-corrected chi connectivity index (χ3v) is 5.40. The van der Waals surface area contributed by atoms with Crippen molar-refractivity contribution in [2.24, 2.45) is 0 Å². The second kappa shape index (κ2) is 7.46. The van der Waals surface area contributed by atoms with Crippen molar-refractivity contribution in [3.8, 4) is 11.5 Å². The maximum atomic E-state index is 12.9. The van der Waals surface area contributed by atoms with Gasteiger partial charge in [-0.1, -0.05) is 28.1 Å². The summed E-state index contributed by atoms with van der Waals surface area (Å²) < 4.78 is 12.3. The molecule has 0 spiro atoms. The third kappa shape index (κ3) is 3.65. The van der Waals surface area contributed by atoms with E-state index < -0.39 is 0 Å². The SMILES string of the molecule is Cc1cc(O)c(CN2CCOCC2)c2c1C(=O)/C(=C/c1ccc(Br)cc1)O2. The second-order valence-electron chi connectivity index (χ2n) is 6.78. The minimum absolute atomic E-state index is 0.145. The number of aromatic hydroxyl groups is 1. The van der Waals surface area contributed by atoms with Gasteiger partial charge in [0.05, 0.1) is 24.3 Å². The monoisotopic (exact) mass is 429 g/mol. The number of carbonyl (C=O) groups excluding carboxylic acids is 1. The van der Waals surface area contributed by atoms with Gasteiger partial charge in [-0.25, -0.2) is 0 Å². The molecule has 1 saturated heterocycles. The first kappa shape index (κ1) is 18.2. The smallest absolute Gasteiger partial charge is 0.232 e. The molecule has 0 amide bonds. The molecular weight excluding hydrogens is 410 g/mol. The highest BCUT2D eigenvalue weighted by Gasteiger charge is 2.33. The molecule has 0 atom stereocenters. The maximum Gasteiger partial charge on any atom is 0.232 e. The lowest BCUT2D eigenvalue weighted by molar-refractivity contribution is 0.0336. The van der Waals surface area contributed by atoms with Gasteiger partial charge in [0.2, 0.25) is 5.78 Å². The Kier molecular flexibility index (Phi) is 5.04. The number of fused-ring (bicyclic) bond motifs is 1. The Balaban J connectivity index is 1.69.